The van der Waals surface area contributed by atoms with E-state index >= 15 is 0 Å². The van der Waals surface area contributed by atoms with Crippen molar-refractivity contribution in [1.29, 1.82) is 0 Å². The van der Waals surface area contributed by atoms with E-state index in [1.165, 1.54) is 6.08 Å². The highest BCUT2D eigenvalue weighted by molar-refractivity contribution is 6.23. The number of hydrogen-bond acceptors (Lipinski definition) is 5. The van der Waals surface area contributed by atoms with Crippen LogP contribution in [-0.2, 0) is 19.2 Å². The molecule has 6 rings (SSSR count). The van der Waals surface area contributed by atoms with Gasteiger partial charge >= 0.3 is 0 Å². The van der Waals surface area contributed by atoms with Crippen LogP contribution in [0.25, 0.3) is 0 Å². The molecule has 0 radical (unpaired) electrons. The first-order valence-electron chi connectivity index (χ1n) is 12.7. The summed E-state index contributed by atoms with van der Waals surface area (Å²) in [6.07, 6.45) is 9.18. The molecule has 4 unspecified atom stereocenters. The molecule has 180 valence electrons. The number of imide groups is 1. The number of amides is 2. The number of benzene rings is 1. The molecule has 1 saturated heterocycles. The van der Waals surface area contributed by atoms with E-state index in [1.807, 2.05) is 6.08 Å². The van der Waals surface area contributed by atoms with Gasteiger partial charge in [0.15, 0.2) is 11.6 Å². The van der Waals surface area contributed by atoms with E-state index in [0.717, 1.165) is 43.2 Å². The van der Waals surface area contributed by atoms with Crippen LogP contribution in [0.3, 0.4) is 0 Å². The molecule has 1 saturated carbocycles. The van der Waals surface area contributed by atoms with Gasteiger partial charge in [-0.2, -0.15) is 0 Å². The molecule has 6 heteroatoms. The number of allylic oxidation sites excluding steroid dienone is 6. The van der Waals surface area contributed by atoms with Crippen molar-refractivity contribution in [3.8, 4) is 5.75 Å². The van der Waals surface area contributed by atoms with Gasteiger partial charge in [0.1, 0.15) is 5.75 Å². The van der Waals surface area contributed by atoms with Crippen LogP contribution >= 0.6 is 0 Å². The first kappa shape index (κ1) is 22.2. The van der Waals surface area contributed by atoms with Gasteiger partial charge in [-0.1, -0.05) is 43.0 Å². The zero-order chi connectivity index (χ0) is 24.4. The van der Waals surface area contributed by atoms with Gasteiger partial charge in [-0.05, 0) is 62.3 Å². The Hall–Kier alpha value is -3.28. The summed E-state index contributed by atoms with van der Waals surface area (Å²) in [5.41, 5.74) is 3.13. The van der Waals surface area contributed by atoms with Crippen LogP contribution in [0.15, 0.2) is 58.7 Å². The molecule has 1 heterocycles. The molecule has 2 fully saturated rings. The van der Waals surface area contributed by atoms with Gasteiger partial charge in [0.2, 0.25) is 11.8 Å². The molecule has 1 aliphatic heterocycles. The number of likely N-dealkylation sites (tertiary alicyclic amines) is 1. The molecule has 35 heavy (non-hydrogen) atoms. The minimum atomic E-state index is -0.493. The lowest BCUT2D eigenvalue weighted by molar-refractivity contribution is -0.143. The van der Waals surface area contributed by atoms with E-state index in [9.17, 15) is 24.3 Å². The number of nitrogens with zero attached hydrogens (tertiary/aromatic N) is 1. The Morgan fingerprint density at radius 2 is 1.63 bits per heavy atom. The van der Waals surface area contributed by atoms with Gasteiger partial charge in [0.25, 0.3) is 0 Å². The van der Waals surface area contributed by atoms with Gasteiger partial charge in [-0.25, -0.2) is 0 Å². The zero-order valence-electron chi connectivity index (χ0n) is 19.8. The highest BCUT2D eigenvalue weighted by Gasteiger charge is 2.57. The number of carbonyl (C=O) groups excluding carboxylic acids is 4. The van der Waals surface area contributed by atoms with Crippen LogP contribution in [0, 0.1) is 17.8 Å². The predicted octanol–water partition coefficient (Wildman–Crippen LogP) is 4.15. The van der Waals surface area contributed by atoms with Crippen LogP contribution in [0.2, 0.25) is 0 Å². The topological polar surface area (TPSA) is 91.8 Å². The summed E-state index contributed by atoms with van der Waals surface area (Å²) in [6.45, 7) is 1.66. The minimum Gasteiger partial charge on any atom is -0.508 e. The molecular weight excluding hydrogens is 442 g/mol. The van der Waals surface area contributed by atoms with Crippen molar-refractivity contribution >= 4 is 23.4 Å². The van der Waals surface area contributed by atoms with E-state index in [1.54, 1.807) is 36.1 Å². The highest BCUT2D eigenvalue weighted by Crippen LogP contribution is 2.55. The fraction of sp³-hybridized carbons (Fsp3) is 0.448. The summed E-state index contributed by atoms with van der Waals surface area (Å²) in [7, 11) is 0. The third-order valence-electron chi connectivity index (χ3n) is 8.76. The summed E-state index contributed by atoms with van der Waals surface area (Å²) in [5.74, 6) is -2.01. The van der Waals surface area contributed by atoms with Crippen molar-refractivity contribution in [2.75, 3.05) is 0 Å². The Kier molecular flexibility index (Phi) is 5.17. The van der Waals surface area contributed by atoms with Crippen molar-refractivity contribution in [2.45, 2.75) is 63.8 Å². The van der Waals surface area contributed by atoms with Crippen LogP contribution in [-0.4, -0.2) is 39.4 Å². The summed E-state index contributed by atoms with van der Waals surface area (Å²) < 4.78 is 0. The third kappa shape index (κ3) is 3.29. The molecule has 0 aromatic heterocycles. The second-order valence-electron chi connectivity index (χ2n) is 10.7. The summed E-state index contributed by atoms with van der Waals surface area (Å²) in [6, 6.07) is 6.69. The average molecular weight is 472 g/mol. The molecule has 1 aromatic carbocycles. The monoisotopic (exact) mass is 471 g/mol. The Morgan fingerprint density at radius 3 is 2.34 bits per heavy atom. The number of Topliss-reactive ketones (excluding diaryl/α,β-unsaturated/α-hetero) is 1. The van der Waals surface area contributed by atoms with E-state index < -0.39 is 17.8 Å². The Morgan fingerprint density at radius 1 is 0.914 bits per heavy atom. The molecular formula is C29H29NO5. The molecule has 5 aliphatic rings. The second kappa shape index (κ2) is 8.14. The maximum atomic E-state index is 13.8. The molecule has 4 atom stereocenters. The highest BCUT2D eigenvalue weighted by atomic mass is 16.3. The maximum absolute atomic E-state index is 13.8. The number of fused-ring (bicyclic) bond motifs is 3. The summed E-state index contributed by atoms with van der Waals surface area (Å²) in [5, 5.41) is 9.84. The van der Waals surface area contributed by atoms with Crippen molar-refractivity contribution in [3.63, 3.8) is 0 Å². The van der Waals surface area contributed by atoms with Crippen LogP contribution in [0.1, 0.15) is 63.4 Å². The van der Waals surface area contributed by atoms with Crippen molar-refractivity contribution < 1.29 is 24.3 Å². The number of phenolic OH excluding ortho intramolecular Hbond substituents is 1. The molecule has 6 nitrogen and oxygen atoms in total. The fourth-order valence-electron chi connectivity index (χ4n) is 7.15. The van der Waals surface area contributed by atoms with Gasteiger partial charge in [-0.15, -0.1) is 0 Å². The first-order valence-corrected chi connectivity index (χ1v) is 12.7. The Bertz CT molecular complexity index is 1240. The molecule has 1 N–H and O–H groups in total. The Labute approximate surface area is 204 Å². The van der Waals surface area contributed by atoms with E-state index in [2.05, 4.69) is 0 Å². The number of aromatic hydroxyl groups is 1. The number of carbonyl (C=O) groups is 4. The normalized spacial score (nSPS) is 31.2. The smallest absolute Gasteiger partial charge is 0.233 e. The largest absolute Gasteiger partial charge is 0.508 e. The standard InChI is InChI=1S/C29H29NO5/c1-15-13-23(32)26-22(27(15)33)14-21-19(24(26)16-7-9-18(31)10-8-16)11-12-20-25(21)29(35)30(28(20)34)17-5-3-2-4-6-17/h7-11,13,17,20-21,24-25,31H,2-6,12,14H2,1H3. The van der Waals surface area contributed by atoms with Crippen LogP contribution in [0.5, 0.6) is 5.75 Å². The first-order chi connectivity index (χ1) is 16.9. The Balaban J connectivity index is 1.45. The lowest BCUT2D eigenvalue weighted by Gasteiger charge is -2.42. The average Bonchev–Trinajstić information content (AvgIpc) is 3.12. The number of rotatable bonds is 2. The van der Waals surface area contributed by atoms with Crippen LogP contribution in [0.4, 0.5) is 0 Å². The molecule has 2 amide bonds. The van der Waals surface area contributed by atoms with E-state index in [-0.39, 0.29) is 41.1 Å². The van der Waals surface area contributed by atoms with Crippen molar-refractivity contribution in [1.82, 2.24) is 4.90 Å². The lowest BCUT2D eigenvalue weighted by Crippen LogP contribution is -2.43. The third-order valence-corrected chi connectivity index (χ3v) is 8.76. The molecule has 0 spiro atoms. The van der Waals surface area contributed by atoms with Gasteiger partial charge < -0.3 is 5.11 Å². The maximum Gasteiger partial charge on any atom is 0.233 e. The molecule has 1 aromatic rings. The van der Waals surface area contributed by atoms with E-state index in [4.69, 9.17) is 0 Å². The number of phenols is 1. The summed E-state index contributed by atoms with van der Waals surface area (Å²) >= 11 is 0. The number of hydrogen-bond donors (Lipinski definition) is 1. The lowest BCUT2D eigenvalue weighted by atomic mass is 9.59. The van der Waals surface area contributed by atoms with Gasteiger partial charge in [-0.3, -0.25) is 24.1 Å². The second-order valence-corrected chi connectivity index (χ2v) is 10.7. The van der Waals surface area contributed by atoms with Crippen molar-refractivity contribution in [2.24, 2.45) is 17.8 Å². The SMILES string of the molecule is CC1=CC(=O)C2=C(CC3C(=CCC4C(=O)N(C5CCCCC5)C(=O)C43)C2c2ccc(O)cc2)C1=O. The molecule has 0 bridgehead atoms. The van der Waals surface area contributed by atoms with Crippen molar-refractivity contribution in [3.05, 3.63) is 64.3 Å². The minimum absolute atomic E-state index is 0.0212. The molecule has 4 aliphatic carbocycles. The predicted molar refractivity (Wildman–Crippen MR) is 128 cm³/mol. The zero-order valence-corrected chi connectivity index (χ0v) is 19.8. The summed E-state index contributed by atoms with van der Waals surface area (Å²) in [4.78, 5) is 55.3. The number of ketones is 2. The van der Waals surface area contributed by atoms with Gasteiger partial charge in [0.05, 0.1) is 11.8 Å². The van der Waals surface area contributed by atoms with Gasteiger partial charge in [0, 0.05) is 28.7 Å². The fourth-order valence-corrected chi connectivity index (χ4v) is 7.15. The van der Waals surface area contributed by atoms with Crippen LogP contribution < -0.4 is 0 Å². The quantitative estimate of drug-likeness (QED) is 0.397. The van der Waals surface area contributed by atoms with E-state index in [0.29, 0.717) is 29.6 Å².